The fourth-order valence-electron chi connectivity index (χ4n) is 1.12. The van der Waals surface area contributed by atoms with Gasteiger partial charge in [-0.15, -0.1) is 0 Å². The Morgan fingerprint density at radius 3 is 2.79 bits per heavy atom. The maximum atomic E-state index is 13.0. The highest BCUT2D eigenvalue weighted by Crippen LogP contribution is 2.21. The summed E-state index contributed by atoms with van der Waals surface area (Å²) in [6, 6.07) is 4.17. The molecule has 1 aromatic rings. The van der Waals surface area contributed by atoms with E-state index in [4.69, 9.17) is 17.3 Å². The lowest BCUT2D eigenvalue weighted by Gasteiger charge is -2.15. The summed E-state index contributed by atoms with van der Waals surface area (Å²) in [5.74, 6) is -0.471. The van der Waals surface area contributed by atoms with E-state index in [1.807, 2.05) is 0 Å². The van der Waals surface area contributed by atoms with Crippen LogP contribution in [0.3, 0.4) is 0 Å². The van der Waals surface area contributed by atoms with Gasteiger partial charge in [0.05, 0.1) is 11.1 Å². The molecule has 0 saturated carbocycles. The number of aliphatic hydroxyl groups excluding tert-OH is 1. The second-order valence-corrected chi connectivity index (χ2v) is 3.72. The van der Waals surface area contributed by atoms with E-state index in [2.05, 4.69) is 0 Å². The Kier molecular flexibility index (Phi) is 3.86. The summed E-state index contributed by atoms with van der Waals surface area (Å²) in [7, 11) is 0. The fourth-order valence-corrected chi connectivity index (χ4v) is 1.32. The first kappa shape index (κ1) is 11.4. The van der Waals surface area contributed by atoms with Gasteiger partial charge >= 0.3 is 0 Å². The van der Waals surface area contributed by atoms with Gasteiger partial charge in [0.25, 0.3) is 0 Å². The number of aliphatic hydroxyl groups is 1. The first-order chi connectivity index (χ1) is 6.52. The Balaban J connectivity index is 2.82. The van der Waals surface area contributed by atoms with Crippen LogP contribution in [-0.4, -0.2) is 17.3 Å². The number of halogens is 2. The molecule has 0 heterocycles. The van der Waals surface area contributed by atoms with Gasteiger partial charge in [0.2, 0.25) is 0 Å². The van der Waals surface area contributed by atoms with Crippen LogP contribution in [-0.2, 0) is 6.42 Å². The van der Waals surface area contributed by atoms with Gasteiger partial charge < -0.3 is 10.8 Å². The summed E-state index contributed by atoms with van der Waals surface area (Å²) in [5.41, 5.74) is 6.07. The third-order valence-electron chi connectivity index (χ3n) is 2.07. The number of nitrogens with two attached hydrogens (primary N) is 1. The van der Waals surface area contributed by atoms with Crippen molar-refractivity contribution in [2.24, 2.45) is 5.73 Å². The molecule has 0 aliphatic carbocycles. The van der Waals surface area contributed by atoms with Gasteiger partial charge in [-0.05, 0) is 18.6 Å². The average Bonchev–Trinajstić information content (AvgIpc) is 2.12. The van der Waals surface area contributed by atoms with Crippen LogP contribution in [0.25, 0.3) is 0 Å². The van der Waals surface area contributed by atoms with E-state index in [1.54, 1.807) is 19.1 Å². The zero-order valence-electron chi connectivity index (χ0n) is 7.87. The number of rotatable bonds is 3. The number of benzene rings is 1. The Hall–Kier alpha value is -0.640. The Morgan fingerprint density at radius 2 is 2.21 bits per heavy atom. The number of hydrogen-bond acceptors (Lipinski definition) is 2. The second kappa shape index (κ2) is 4.73. The molecule has 0 spiro atoms. The fraction of sp³-hybridized carbons (Fsp3) is 0.400. The van der Waals surface area contributed by atoms with Crippen molar-refractivity contribution in [2.75, 3.05) is 0 Å². The minimum atomic E-state index is -0.700. The molecule has 0 aliphatic rings. The van der Waals surface area contributed by atoms with Crippen LogP contribution in [0.1, 0.15) is 12.5 Å². The third-order valence-corrected chi connectivity index (χ3v) is 2.49. The maximum Gasteiger partial charge on any atom is 0.142 e. The molecule has 0 aliphatic heterocycles. The zero-order chi connectivity index (χ0) is 10.7. The second-order valence-electron chi connectivity index (χ2n) is 3.34. The molecule has 0 bridgehead atoms. The maximum absolute atomic E-state index is 13.0. The van der Waals surface area contributed by atoms with Gasteiger partial charge in [-0.3, -0.25) is 0 Å². The summed E-state index contributed by atoms with van der Waals surface area (Å²) in [6.07, 6.45) is -0.428. The lowest BCUT2D eigenvalue weighted by molar-refractivity contribution is 0.151. The van der Waals surface area contributed by atoms with Crippen LogP contribution in [0.15, 0.2) is 18.2 Å². The van der Waals surface area contributed by atoms with Crippen LogP contribution >= 0.6 is 11.6 Å². The minimum Gasteiger partial charge on any atom is -0.391 e. The van der Waals surface area contributed by atoms with Crippen molar-refractivity contribution >= 4 is 11.6 Å². The van der Waals surface area contributed by atoms with Crippen LogP contribution in [0.2, 0.25) is 5.02 Å². The van der Waals surface area contributed by atoms with Gasteiger partial charge in [0, 0.05) is 12.5 Å². The highest BCUT2D eigenvalue weighted by Gasteiger charge is 2.13. The van der Waals surface area contributed by atoms with Crippen molar-refractivity contribution in [1.29, 1.82) is 0 Å². The molecule has 14 heavy (non-hydrogen) atoms. The summed E-state index contributed by atoms with van der Waals surface area (Å²) in [5, 5.41) is 9.55. The SMILES string of the molecule is CC(N)C(O)Cc1cccc(F)c1Cl. The molecule has 0 fully saturated rings. The van der Waals surface area contributed by atoms with Crippen LogP contribution in [0, 0.1) is 5.82 Å². The molecule has 1 rings (SSSR count). The van der Waals surface area contributed by atoms with Gasteiger partial charge in [-0.1, -0.05) is 23.7 Å². The molecule has 2 unspecified atom stereocenters. The molecule has 78 valence electrons. The van der Waals surface area contributed by atoms with E-state index >= 15 is 0 Å². The van der Waals surface area contributed by atoms with E-state index in [1.165, 1.54) is 6.07 Å². The molecule has 0 saturated heterocycles. The van der Waals surface area contributed by atoms with Crippen molar-refractivity contribution in [3.8, 4) is 0 Å². The lowest BCUT2D eigenvalue weighted by atomic mass is 10.0. The van der Waals surface area contributed by atoms with Crippen molar-refractivity contribution in [1.82, 2.24) is 0 Å². The normalized spacial score (nSPS) is 15.2. The Morgan fingerprint density at radius 1 is 1.57 bits per heavy atom. The van der Waals surface area contributed by atoms with Crippen molar-refractivity contribution in [3.05, 3.63) is 34.6 Å². The predicted molar refractivity (Wildman–Crippen MR) is 54.8 cm³/mol. The first-order valence-corrected chi connectivity index (χ1v) is 4.76. The molecule has 2 atom stereocenters. The van der Waals surface area contributed by atoms with Gasteiger partial charge in [-0.2, -0.15) is 0 Å². The highest BCUT2D eigenvalue weighted by molar-refractivity contribution is 6.31. The largest absolute Gasteiger partial charge is 0.391 e. The van der Waals surface area contributed by atoms with Crippen LogP contribution in [0.5, 0.6) is 0 Å². The van der Waals surface area contributed by atoms with E-state index in [-0.39, 0.29) is 17.5 Å². The molecule has 2 nitrogen and oxygen atoms in total. The van der Waals surface area contributed by atoms with E-state index in [9.17, 15) is 9.50 Å². The molecule has 4 heteroatoms. The predicted octanol–water partition coefficient (Wildman–Crippen LogP) is 1.73. The Bertz CT molecular complexity index is 317. The summed E-state index contributed by atoms with van der Waals surface area (Å²) in [6.45, 7) is 1.69. The summed E-state index contributed by atoms with van der Waals surface area (Å²) >= 11 is 5.72. The standard InChI is InChI=1S/C10H13ClFNO/c1-6(13)9(14)5-7-3-2-4-8(12)10(7)11/h2-4,6,9,14H,5,13H2,1H3. The Labute approximate surface area is 87.5 Å². The first-order valence-electron chi connectivity index (χ1n) is 4.39. The van der Waals surface area contributed by atoms with Crippen molar-refractivity contribution < 1.29 is 9.50 Å². The van der Waals surface area contributed by atoms with Crippen LogP contribution < -0.4 is 5.73 Å². The van der Waals surface area contributed by atoms with Crippen LogP contribution in [0.4, 0.5) is 4.39 Å². The number of hydrogen-bond donors (Lipinski definition) is 2. The van der Waals surface area contributed by atoms with Gasteiger partial charge in [-0.25, -0.2) is 4.39 Å². The van der Waals surface area contributed by atoms with E-state index in [0.29, 0.717) is 5.56 Å². The smallest absolute Gasteiger partial charge is 0.142 e. The highest BCUT2D eigenvalue weighted by atomic mass is 35.5. The van der Waals surface area contributed by atoms with Crippen molar-refractivity contribution in [2.45, 2.75) is 25.5 Å². The minimum absolute atomic E-state index is 0.0622. The molecule has 0 aromatic heterocycles. The topological polar surface area (TPSA) is 46.2 Å². The van der Waals surface area contributed by atoms with E-state index < -0.39 is 11.9 Å². The van der Waals surface area contributed by atoms with Gasteiger partial charge in [0.15, 0.2) is 0 Å². The van der Waals surface area contributed by atoms with E-state index in [0.717, 1.165) is 0 Å². The summed E-state index contributed by atoms with van der Waals surface area (Å²) < 4.78 is 13.0. The third kappa shape index (κ3) is 2.67. The summed E-state index contributed by atoms with van der Waals surface area (Å²) in [4.78, 5) is 0. The molecule has 3 N–H and O–H groups in total. The molecular formula is C10H13ClFNO. The zero-order valence-corrected chi connectivity index (χ0v) is 8.63. The monoisotopic (exact) mass is 217 g/mol. The van der Waals surface area contributed by atoms with Gasteiger partial charge in [0.1, 0.15) is 5.82 Å². The molecule has 0 amide bonds. The quantitative estimate of drug-likeness (QED) is 0.810. The molecular weight excluding hydrogens is 205 g/mol. The molecule has 0 radical (unpaired) electrons. The molecule has 1 aromatic carbocycles. The van der Waals surface area contributed by atoms with Crippen molar-refractivity contribution in [3.63, 3.8) is 0 Å². The lowest BCUT2D eigenvalue weighted by Crippen LogP contribution is -2.33. The average molecular weight is 218 g/mol.